The number of halogens is 1. The van der Waals surface area contributed by atoms with Crippen molar-refractivity contribution in [2.24, 2.45) is 0 Å². The minimum absolute atomic E-state index is 0.0367. The van der Waals surface area contributed by atoms with E-state index in [4.69, 9.17) is 0 Å². The zero-order valence-electron chi connectivity index (χ0n) is 27.4. The van der Waals surface area contributed by atoms with E-state index in [2.05, 4.69) is 40.8 Å². The minimum atomic E-state index is -0.980. The molecule has 0 spiro atoms. The molecule has 15 heteroatoms. The number of aromatic nitrogens is 2. The lowest BCUT2D eigenvalue weighted by atomic mass is 9.99. The van der Waals surface area contributed by atoms with Gasteiger partial charge in [0.05, 0.1) is 28.6 Å². The molecule has 0 bridgehead atoms. The Balaban J connectivity index is 0.822. The fraction of sp³-hybridized carbons (Fsp3) is 0.429. The molecular formula is C35H38FN9O5. The number of amides is 4. The molecule has 8 rings (SSSR count). The van der Waals surface area contributed by atoms with Crippen LogP contribution in [-0.4, -0.2) is 124 Å². The largest absolute Gasteiger partial charge is 0.507 e. The van der Waals surface area contributed by atoms with E-state index in [0.717, 1.165) is 74.9 Å². The molecule has 6 heterocycles. The van der Waals surface area contributed by atoms with Gasteiger partial charge in [-0.1, -0.05) is 0 Å². The van der Waals surface area contributed by atoms with Gasteiger partial charge in [-0.2, -0.15) is 0 Å². The summed E-state index contributed by atoms with van der Waals surface area (Å²) in [5.41, 5.74) is 2.94. The van der Waals surface area contributed by atoms with Crippen molar-refractivity contribution < 1.29 is 28.7 Å². The number of phenols is 1. The molecule has 5 aliphatic rings. The molecule has 2 aromatic carbocycles. The molecule has 2 atom stereocenters. The predicted octanol–water partition coefficient (Wildman–Crippen LogP) is 1.88. The summed E-state index contributed by atoms with van der Waals surface area (Å²) in [6, 6.07) is 10.5. The number of nitrogens with one attached hydrogen (secondary N) is 3. The van der Waals surface area contributed by atoms with Crippen molar-refractivity contribution in [3.63, 3.8) is 0 Å². The lowest BCUT2D eigenvalue weighted by Gasteiger charge is -2.49. The van der Waals surface area contributed by atoms with Gasteiger partial charge in [0.15, 0.2) is 5.82 Å². The Kier molecular flexibility index (Phi) is 8.31. The van der Waals surface area contributed by atoms with Gasteiger partial charge in [0, 0.05) is 63.0 Å². The van der Waals surface area contributed by atoms with Crippen LogP contribution in [0.1, 0.15) is 46.4 Å². The van der Waals surface area contributed by atoms with E-state index in [1.54, 1.807) is 18.2 Å². The van der Waals surface area contributed by atoms with Gasteiger partial charge in [0.2, 0.25) is 11.8 Å². The van der Waals surface area contributed by atoms with Gasteiger partial charge in [-0.15, -0.1) is 10.2 Å². The third-order valence-corrected chi connectivity index (χ3v) is 10.6. The molecule has 0 aliphatic carbocycles. The van der Waals surface area contributed by atoms with E-state index in [0.29, 0.717) is 29.7 Å². The normalized spacial score (nSPS) is 22.9. The quantitative estimate of drug-likeness (QED) is 0.268. The number of phenolic OH excluding ortho intramolecular Hbond substituents is 1. The number of imide groups is 2. The molecule has 0 saturated carbocycles. The van der Waals surface area contributed by atoms with E-state index in [1.165, 1.54) is 18.2 Å². The zero-order chi connectivity index (χ0) is 34.5. The Morgan fingerprint density at radius 3 is 2.52 bits per heavy atom. The smallest absolute Gasteiger partial charge is 0.262 e. The number of carbonyl (C=O) groups is 4. The highest BCUT2D eigenvalue weighted by Crippen LogP contribution is 2.37. The highest BCUT2D eigenvalue weighted by Gasteiger charge is 2.44. The second-order valence-electron chi connectivity index (χ2n) is 13.6. The number of piperidine rings is 2. The standard InChI is InChI=1S/C35H38FN9O5/c36-20-1-5-30(46)26(15-20)27-17-29-32(41-40-27)38-18-23-19-43(13-14-44(23)29)22-7-10-42(11-8-22)12-9-37-21-2-3-24-25(16-21)35(50)45(34(24)49)28-4-6-31(47)39-33(28)48/h1-3,5,15-17,22-23,28,37,46H,4,6-14,18-19H2,(H,38,41)(H,39,47,48)/t23-,28?/m0/s1. The lowest BCUT2D eigenvalue weighted by molar-refractivity contribution is -0.136. The van der Waals surface area contributed by atoms with Gasteiger partial charge >= 0.3 is 0 Å². The molecule has 50 heavy (non-hydrogen) atoms. The van der Waals surface area contributed by atoms with Gasteiger partial charge in [-0.05, 0) is 74.8 Å². The van der Waals surface area contributed by atoms with Gasteiger partial charge in [0.1, 0.15) is 17.6 Å². The van der Waals surface area contributed by atoms with E-state index < -0.39 is 35.5 Å². The molecule has 260 valence electrons. The van der Waals surface area contributed by atoms with Crippen molar-refractivity contribution in [2.75, 3.05) is 67.9 Å². The summed E-state index contributed by atoms with van der Waals surface area (Å²) in [5.74, 6) is -1.82. The molecule has 3 saturated heterocycles. The Bertz CT molecular complexity index is 1880. The van der Waals surface area contributed by atoms with Gasteiger partial charge in [-0.3, -0.25) is 34.3 Å². The number of rotatable bonds is 7. The second kappa shape index (κ2) is 12.9. The monoisotopic (exact) mass is 683 g/mol. The van der Waals surface area contributed by atoms with E-state index >= 15 is 0 Å². The Hall–Kier alpha value is -5.15. The third-order valence-electron chi connectivity index (χ3n) is 10.6. The number of likely N-dealkylation sites (tertiary alicyclic amines) is 1. The van der Waals surface area contributed by atoms with Crippen LogP contribution in [0.25, 0.3) is 11.3 Å². The maximum absolute atomic E-state index is 13.9. The summed E-state index contributed by atoms with van der Waals surface area (Å²) in [6.07, 6.45) is 2.35. The SMILES string of the molecule is O=C1CCC(N2C(=O)c3ccc(NCCN4CCC(N5CCN6c7cc(-c8cc(F)ccc8O)nnc7NC[C@H]6C5)CC4)cc3C2=O)C(=O)N1. The van der Waals surface area contributed by atoms with Crippen molar-refractivity contribution in [1.82, 2.24) is 30.2 Å². The van der Waals surface area contributed by atoms with Crippen molar-refractivity contribution >= 4 is 40.8 Å². The van der Waals surface area contributed by atoms with Gasteiger partial charge < -0.3 is 25.5 Å². The molecule has 14 nitrogen and oxygen atoms in total. The van der Waals surface area contributed by atoms with Crippen LogP contribution in [0.4, 0.5) is 21.6 Å². The predicted molar refractivity (Wildman–Crippen MR) is 181 cm³/mol. The molecule has 4 amide bonds. The summed E-state index contributed by atoms with van der Waals surface area (Å²) >= 11 is 0. The highest BCUT2D eigenvalue weighted by atomic mass is 19.1. The van der Waals surface area contributed by atoms with Crippen LogP contribution in [0.3, 0.4) is 0 Å². The summed E-state index contributed by atoms with van der Waals surface area (Å²) in [7, 11) is 0. The average Bonchev–Trinajstić information content (AvgIpc) is 3.37. The first kappa shape index (κ1) is 32.1. The number of piperazine rings is 1. The van der Waals surface area contributed by atoms with Crippen LogP contribution < -0.4 is 20.9 Å². The highest BCUT2D eigenvalue weighted by molar-refractivity contribution is 6.23. The molecule has 5 aliphatic heterocycles. The Labute approximate surface area is 287 Å². The number of hydrogen-bond donors (Lipinski definition) is 4. The number of fused-ring (bicyclic) bond motifs is 4. The molecule has 1 unspecified atom stereocenters. The Morgan fingerprint density at radius 1 is 0.880 bits per heavy atom. The van der Waals surface area contributed by atoms with Crippen LogP contribution in [0.15, 0.2) is 42.5 Å². The number of hydrogen-bond acceptors (Lipinski definition) is 12. The first-order chi connectivity index (χ1) is 24.2. The molecule has 0 radical (unpaired) electrons. The van der Waals surface area contributed by atoms with Gasteiger partial charge in [0.25, 0.3) is 11.8 Å². The summed E-state index contributed by atoms with van der Waals surface area (Å²) < 4.78 is 13.9. The first-order valence-corrected chi connectivity index (χ1v) is 17.2. The van der Waals surface area contributed by atoms with E-state index in [1.807, 2.05) is 6.07 Å². The van der Waals surface area contributed by atoms with Crippen molar-refractivity contribution in [1.29, 1.82) is 0 Å². The number of nitrogens with zero attached hydrogens (tertiary/aromatic N) is 6. The van der Waals surface area contributed by atoms with Crippen LogP contribution in [0.2, 0.25) is 0 Å². The average molecular weight is 684 g/mol. The van der Waals surface area contributed by atoms with Crippen LogP contribution in [-0.2, 0) is 9.59 Å². The van der Waals surface area contributed by atoms with Crippen LogP contribution >= 0.6 is 0 Å². The zero-order valence-corrected chi connectivity index (χ0v) is 27.4. The van der Waals surface area contributed by atoms with Gasteiger partial charge in [-0.25, -0.2) is 4.39 Å². The molecule has 3 aromatic rings. The van der Waals surface area contributed by atoms with Crippen molar-refractivity contribution in [2.45, 2.75) is 43.8 Å². The number of carbonyl (C=O) groups excluding carboxylic acids is 4. The van der Waals surface area contributed by atoms with Crippen LogP contribution in [0.5, 0.6) is 5.75 Å². The lowest BCUT2D eigenvalue weighted by Crippen LogP contribution is -2.61. The summed E-state index contributed by atoms with van der Waals surface area (Å²) in [6.45, 7) is 6.90. The molecule has 3 fully saturated rings. The maximum Gasteiger partial charge on any atom is 0.262 e. The Morgan fingerprint density at radius 2 is 1.70 bits per heavy atom. The number of aromatic hydroxyl groups is 1. The third kappa shape index (κ3) is 5.89. The van der Waals surface area contributed by atoms with Crippen molar-refractivity contribution in [3.05, 3.63) is 59.4 Å². The van der Waals surface area contributed by atoms with Crippen molar-refractivity contribution in [3.8, 4) is 17.0 Å². The van der Waals surface area contributed by atoms with Crippen LogP contribution in [0, 0.1) is 5.82 Å². The topological polar surface area (TPSA) is 163 Å². The molecule has 4 N–H and O–H groups in total. The maximum atomic E-state index is 13.9. The summed E-state index contributed by atoms with van der Waals surface area (Å²) in [5, 5.41) is 27.9. The molecular weight excluding hydrogens is 645 g/mol. The summed E-state index contributed by atoms with van der Waals surface area (Å²) in [4.78, 5) is 58.4. The minimum Gasteiger partial charge on any atom is -0.507 e. The fourth-order valence-electron chi connectivity index (χ4n) is 7.94. The van der Waals surface area contributed by atoms with E-state index in [9.17, 15) is 28.7 Å². The number of anilines is 3. The first-order valence-electron chi connectivity index (χ1n) is 17.2. The molecule has 1 aromatic heterocycles. The second-order valence-corrected chi connectivity index (χ2v) is 13.6. The number of benzene rings is 2. The fourth-order valence-corrected chi connectivity index (χ4v) is 7.94. The van der Waals surface area contributed by atoms with E-state index in [-0.39, 0.29) is 35.8 Å².